The van der Waals surface area contributed by atoms with Gasteiger partial charge in [-0.05, 0) is 77.6 Å². The van der Waals surface area contributed by atoms with Crippen molar-refractivity contribution in [3.8, 4) is 5.75 Å². The Balaban J connectivity index is 0.00000336. The highest BCUT2D eigenvalue weighted by atomic mass is 35.5. The Morgan fingerprint density at radius 1 is 1.03 bits per heavy atom. The molecule has 4 nitrogen and oxygen atoms in total. The molecule has 5 heteroatoms. The van der Waals surface area contributed by atoms with Crippen LogP contribution in [0.15, 0.2) is 84.9 Å². The molecule has 1 aliphatic rings. The van der Waals surface area contributed by atoms with Crippen LogP contribution in [0.25, 0.3) is 10.8 Å². The number of carboxylic acid groups (broad SMARTS) is 1. The molecular formula is C33H36ClNO3. The number of carboxylic acids is 1. The lowest BCUT2D eigenvalue weighted by Gasteiger charge is -2.36. The van der Waals surface area contributed by atoms with Gasteiger partial charge in [-0.1, -0.05) is 80.1 Å². The van der Waals surface area contributed by atoms with Gasteiger partial charge in [0.25, 0.3) is 0 Å². The van der Waals surface area contributed by atoms with Crippen LogP contribution < -0.4 is 9.64 Å². The molecule has 198 valence electrons. The average Bonchev–Trinajstić information content (AvgIpc) is 2.91. The number of para-hydroxylation sites is 1. The van der Waals surface area contributed by atoms with E-state index in [0.29, 0.717) is 17.6 Å². The maximum atomic E-state index is 11.0. The molecule has 0 bridgehead atoms. The number of rotatable bonds is 9. The Morgan fingerprint density at radius 2 is 1.79 bits per heavy atom. The highest BCUT2D eigenvalue weighted by Crippen LogP contribution is 2.39. The number of hydrogen-bond donors (Lipinski definition) is 1. The van der Waals surface area contributed by atoms with Gasteiger partial charge in [-0.15, -0.1) is 12.4 Å². The first-order chi connectivity index (χ1) is 18.0. The van der Waals surface area contributed by atoms with Crippen LogP contribution in [0.2, 0.25) is 0 Å². The van der Waals surface area contributed by atoms with Gasteiger partial charge < -0.3 is 14.7 Å². The van der Waals surface area contributed by atoms with Crippen LogP contribution in [0.5, 0.6) is 5.75 Å². The summed E-state index contributed by atoms with van der Waals surface area (Å²) in [5.41, 5.74) is 6.04. The van der Waals surface area contributed by atoms with Crippen molar-refractivity contribution in [1.29, 1.82) is 0 Å². The van der Waals surface area contributed by atoms with Crippen molar-refractivity contribution in [3.05, 3.63) is 102 Å². The summed E-state index contributed by atoms with van der Waals surface area (Å²) >= 11 is 0. The van der Waals surface area contributed by atoms with Gasteiger partial charge in [-0.3, -0.25) is 0 Å². The average molecular weight is 530 g/mol. The Labute approximate surface area is 231 Å². The summed E-state index contributed by atoms with van der Waals surface area (Å²) in [4.78, 5) is 13.4. The van der Waals surface area contributed by atoms with E-state index >= 15 is 0 Å². The molecule has 1 aliphatic heterocycles. The molecule has 1 N–H and O–H groups in total. The number of carbonyl (C=O) groups is 1. The number of nitrogens with zero attached hydrogens (tertiary/aromatic N) is 1. The number of aliphatic carboxylic acids is 1. The van der Waals surface area contributed by atoms with Crippen LogP contribution >= 0.6 is 12.4 Å². The Bertz CT molecular complexity index is 1400. The quantitative estimate of drug-likeness (QED) is 0.237. The Kier molecular flexibility index (Phi) is 8.96. The largest absolute Gasteiger partial charge is 0.482 e. The van der Waals surface area contributed by atoms with Gasteiger partial charge >= 0.3 is 5.97 Å². The first kappa shape index (κ1) is 27.5. The zero-order chi connectivity index (χ0) is 25.8. The molecule has 0 radical (unpaired) electrons. The van der Waals surface area contributed by atoms with E-state index in [9.17, 15) is 4.79 Å². The van der Waals surface area contributed by atoms with E-state index in [1.54, 1.807) is 0 Å². The lowest BCUT2D eigenvalue weighted by atomic mass is 9.85. The van der Waals surface area contributed by atoms with Crippen molar-refractivity contribution in [2.45, 2.75) is 45.4 Å². The number of anilines is 2. The third kappa shape index (κ3) is 6.14. The predicted octanol–water partition coefficient (Wildman–Crippen LogP) is 8.32. The molecule has 0 saturated heterocycles. The molecule has 38 heavy (non-hydrogen) atoms. The number of benzene rings is 4. The van der Waals surface area contributed by atoms with Crippen molar-refractivity contribution < 1.29 is 14.6 Å². The number of aryl methyl sites for hydroxylation is 1. The van der Waals surface area contributed by atoms with E-state index in [-0.39, 0.29) is 19.0 Å². The molecule has 0 aromatic heterocycles. The third-order valence-corrected chi connectivity index (χ3v) is 7.67. The molecule has 4 aromatic carbocycles. The van der Waals surface area contributed by atoms with Crippen molar-refractivity contribution in [2.24, 2.45) is 5.92 Å². The minimum atomic E-state index is -0.967. The molecule has 0 amide bonds. The van der Waals surface area contributed by atoms with Crippen LogP contribution in [0.3, 0.4) is 0 Å². The van der Waals surface area contributed by atoms with Gasteiger partial charge in [0, 0.05) is 24.0 Å². The molecule has 1 unspecified atom stereocenters. The second-order valence-electron chi connectivity index (χ2n) is 10.3. The van der Waals surface area contributed by atoms with E-state index in [4.69, 9.17) is 9.84 Å². The van der Waals surface area contributed by atoms with Crippen LogP contribution in [-0.2, 0) is 11.2 Å². The SMILES string of the molecule is Cc1ccc(N2CC(CCC[C@H](C)c3cccc4ccccc34)Cc3ccccc32)cc1OCC(=O)O.Cl. The monoisotopic (exact) mass is 529 g/mol. The van der Waals surface area contributed by atoms with Crippen molar-refractivity contribution in [3.63, 3.8) is 0 Å². The fourth-order valence-electron chi connectivity index (χ4n) is 5.72. The summed E-state index contributed by atoms with van der Waals surface area (Å²) in [7, 11) is 0. The van der Waals surface area contributed by atoms with Gasteiger partial charge in [-0.2, -0.15) is 0 Å². The standard InChI is InChI=1S/C33H35NO3.ClH/c1-23(29-15-8-13-26-11-3-5-14-30(26)29)9-7-10-25-19-27-12-4-6-16-31(27)34(21-25)28-18-17-24(2)32(20-28)37-22-33(35)36;/h3-6,8,11-18,20,23,25H,7,9-10,19,21-22H2,1-2H3,(H,35,36);1H/t23-,25?;/m0./s1. The van der Waals surface area contributed by atoms with Crippen LogP contribution in [-0.4, -0.2) is 24.2 Å². The van der Waals surface area contributed by atoms with E-state index in [0.717, 1.165) is 24.2 Å². The minimum Gasteiger partial charge on any atom is -0.482 e. The zero-order valence-corrected chi connectivity index (χ0v) is 22.9. The number of halogens is 1. The molecule has 0 aliphatic carbocycles. The van der Waals surface area contributed by atoms with Crippen molar-refractivity contribution >= 4 is 40.5 Å². The highest BCUT2D eigenvalue weighted by molar-refractivity contribution is 5.86. The molecule has 0 fully saturated rings. The number of fused-ring (bicyclic) bond motifs is 2. The molecule has 4 aromatic rings. The topological polar surface area (TPSA) is 49.8 Å². The maximum absolute atomic E-state index is 11.0. The normalized spacial score (nSPS) is 15.4. The summed E-state index contributed by atoms with van der Waals surface area (Å²) in [6, 6.07) is 30.1. The fourth-order valence-corrected chi connectivity index (χ4v) is 5.72. The van der Waals surface area contributed by atoms with E-state index in [1.807, 2.05) is 19.1 Å². The first-order valence-corrected chi connectivity index (χ1v) is 13.3. The zero-order valence-electron chi connectivity index (χ0n) is 22.1. The smallest absolute Gasteiger partial charge is 0.341 e. The number of hydrogen-bond acceptors (Lipinski definition) is 3. The van der Waals surface area contributed by atoms with Crippen molar-refractivity contribution in [1.82, 2.24) is 0 Å². The lowest BCUT2D eigenvalue weighted by Crippen LogP contribution is -2.32. The molecule has 0 saturated carbocycles. The molecule has 2 atom stereocenters. The van der Waals surface area contributed by atoms with Gasteiger partial charge in [0.05, 0.1) is 0 Å². The van der Waals surface area contributed by atoms with Gasteiger partial charge in [0.15, 0.2) is 6.61 Å². The Hall–Kier alpha value is -3.50. The summed E-state index contributed by atoms with van der Waals surface area (Å²) < 4.78 is 5.58. The third-order valence-electron chi connectivity index (χ3n) is 7.67. The molecule has 5 rings (SSSR count). The minimum absolute atomic E-state index is 0. The van der Waals surface area contributed by atoms with E-state index in [1.165, 1.54) is 46.8 Å². The van der Waals surface area contributed by atoms with E-state index in [2.05, 4.69) is 84.6 Å². The second-order valence-corrected chi connectivity index (χ2v) is 10.3. The summed E-state index contributed by atoms with van der Waals surface area (Å²) in [5, 5.41) is 11.7. The molecule has 1 heterocycles. The maximum Gasteiger partial charge on any atom is 0.341 e. The first-order valence-electron chi connectivity index (χ1n) is 13.3. The molecule has 0 spiro atoms. The lowest BCUT2D eigenvalue weighted by molar-refractivity contribution is -0.139. The van der Waals surface area contributed by atoms with Gasteiger partial charge in [-0.25, -0.2) is 4.79 Å². The predicted molar refractivity (Wildman–Crippen MR) is 158 cm³/mol. The fraction of sp³-hybridized carbons (Fsp3) is 0.303. The second kappa shape index (κ2) is 12.4. The Morgan fingerprint density at radius 3 is 2.63 bits per heavy atom. The molecular weight excluding hydrogens is 494 g/mol. The van der Waals surface area contributed by atoms with Crippen LogP contribution in [0.4, 0.5) is 11.4 Å². The number of ether oxygens (including phenoxy) is 1. The van der Waals surface area contributed by atoms with Crippen molar-refractivity contribution in [2.75, 3.05) is 18.1 Å². The van der Waals surface area contributed by atoms with E-state index < -0.39 is 5.97 Å². The summed E-state index contributed by atoms with van der Waals surface area (Å²) in [6.45, 7) is 4.92. The summed E-state index contributed by atoms with van der Waals surface area (Å²) in [5.74, 6) is 0.734. The van der Waals surface area contributed by atoms with Gasteiger partial charge in [0.2, 0.25) is 0 Å². The highest BCUT2D eigenvalue weighted by Gasteiger charge is 2.26. The van der Waals surface area contributed by atoms with Gasteiger partial charge in [0.1, 0.15) is 5.75 Å². The van der Waals surface area contributed by atoms with Crippen LogP contribution in [0, 0.1) is 12.8 Å². The summed E-state index contributed by atoms with van der Waals surface area (Å²) in [6.07, 6.45) is 4.62. The van der Waals surface area contributed by atoms with Crippen LogP contribution in [0.1, 0.15) is 48.8 Å².